The Labute approximate surface area is 102 Å². The number of benzene rings is 1. The van der Waals surface area contributed by atoms with E-state index in [9.17, 15) is 23.1 Å². The fourth-order valence-electron chi connectivity index (χ4n) is 0.839. The zero-order chi connectivity index (χ0) is 10.9. The van der Waals surface area contributed by atoms with Crippen LogP contribution in [0.1, 0.15) is 0 Å². The van der Waals surface area contributed by atoms with Crippen LogP contribution in [0.15, 0.2) is 23.1 Å². The van der Waals surface area contributed by atoms with Crippen LogP contribution in [0.5, 0.6) is 0 Å². The van der Waals surface area contributed by atoms with Gasteiger partial charge in [-0.3, -0.25) is 10.1 Å². The molecule has 0 bridgehead atoms. The monoisotopic (exact) mass is 243 g/mol. The molecule has 0 amide bonds. The number of hydrogen-bond donors (Lipinski definition) is 0. The summed E-state index contributed by atoms with van der Waals surface area (Å²) in [4.78, 5) is 8.46. The van der Waals surface area contributed by atoms with E-state index in [1.54, 1.807) is 0 Å². The molecule has 0 saturated heterocycles. The summed E-state index contributed by atoms with van der Waals surface area (Å²) in [5, 5.41) is 10.3. The molecule has 1 aromatic carbocycles. The Hall–Kier alpha value is -0.583. The Kier molecular flexibility index (Phi) is 4.77. The van der Waals surface area contributed by atoms with E-state index < -0.39 is 25.6 Å². The second-order valence-corrected chi connectivity index (χ2v) is 4.11. The van der Waals surface area contributed by atoms with Crippen LogP contribution >= 0.6 is 11.6 Å². The predicted molar refractivity (Wildman–Crippen MR) is 46.1 cm³/mol. The summed E-state index contributed by atoms with van der Waals surface area (Å²) in [7, 11) is -4.88. The number of nitrogens with zero attached hydrogens (tertiary/aromatic N) is 1. The van der Waals surface area contributed by atoms with E-state index in [-0.39, 0.29) is 23.9 Å². The first-order valence-corrected chi connectivity index (χ1v) is 5.01. The Balaban J connectivity index is 0.00000196. The second-order valence-electron chi connectivity index (χ2n) is 2.32. The van der Waals surface area contributed by atoms with Crippen LogP contribution in [0.3, 0.4) is 0 Å². The van der Waals surface area contributed by atoms with Gasteiger partial charge in [-0.25, -0.2) is 8.42 Å². The first-order chi connectivity index (χ1) is 6.32. The van der Waals surface area contributed by atoms with Crippen molar-refractivity contribution in [1.82, 2.24) is 0 Å². The van der Waals surface area contributed by atoms with E-state index in [0.717, 1.165) is 18.2 Å². The van der Waals surface area contributed by atoms with Gasteiger partial charge in [0.25, 0.3) is 5.69 Å². The van der Waals surface area contributed by atoms with Crippen LogP contribution < -0.4 is 18.9 Å². The van der Waals surface area contributed by atoms with Gasteiger partial charge in [-0.1, -0.05) is 11.6 Å². The zero-order valence-electron chi connectivity index (χ0n) is 7.51. The van der Waals surface area contributed by atoms with Gasteiger partial charge in [-0.05, 0) is 12.1 Å². The summed E-state index contributed by atoms with van der Waals surface area (Å²) in [6.45, 7) is 0. The maximum absolute atomic E-state index is 10.6. The average molecular weight is 244 g/mol. The van der Waals surface area contributed by atoms with E-state index in [1.807, 2.05) is 0 Å². The van der Waals surface area contributed by atoms with Gasteiger partial charge in [-0.2, -0.15) is 0 Å². The summed E-state index contributed by atoms with van der Waals surface area (Å²) in [5.41, 5.74) is -0.774. The minimum atomic E-state index is -4.88. The van der Waals surface area contributed by atoms with Crippen molar-refractivity contribution >= 4 is 27.4 Å². The topological polar surface area (TPSA) is 100 Å². The van der Waals surface area contributed by atoms with Gasteiger partial charge in [0, 0.05) is 11.1 Å². The summed E-state index contributed by atoms with van der Waals surface area (Å²) in [5.74, 6) is 0. The molecular formula is C6H3ClLiNO5S. The smallest absolute Gasteiger partial charge is 0.744 e. The van der Waals surface area contributed by atoms with E-state index in [1.165, 1.54) is 0 Å². The number of hydrogen-bond acceptors (Lipinski definition) is 5. The molecule has 0 heterocycles. The summed E-state index contributed by atoms with van der Waals surface area (Å²) < 4.78 is 31.8. The molecule has 0 saturated carbocycles. The molecule has 0 fully saturated rings. The van der Waals surface area contributed by atoms with Crippen molar-refractivity contribution in [3.63, 3.8) is 0 Å². The molecule has 6 nitrogen and oxygen atoms in total. The van der Waals surface area contributed by atoms with Crippen molar-refractivity contribution in [2.75, 3.05) is 0 Å². The predicted octanol–water partition coefficient (Wildman–Crippen LogP) is -1.84. The first-order valence-electron chi connectivity index (χ1n) is 3.22. The molecule has 0 aromatic heterocycles. The Bertz CT molecular complexity index is 488. The van der Waals surface area contributed by atoms with Gasteiger partial charge in [0.05, 0.1) is 4.92 Å². The van der Waals surface area contributed by atoms with Crippen molar-refractivity contribution in [2.45, 2.75) is 4.90 Å². The molecule has 0 aliphatic rings. The number of halogens is 1. The van der Waals surface area contributed by atoms with Crippen molar-refractivity contribution < 1.29 is 36.8 Å². The van der Waals surface area contributed by atoms with Gasteiger partial charge in [0.2, 0.25) is 0 Å². The molecule has 0 N–H and O–H groups in total. The largest absolute Gasteiger partial charge is 1.00 e. The first kappa shape index (κ1) is 14.4. The van der Waals surface area contributed by atoms with E-state index >= 15 is 0 Å². The third-order valence-electron chi connectivity index (χ3n) is 1.39. The van der Waals surface area contributed by atoms with Crippen LogP contribution in [-0.2, 0) is 10.1 Å². The summed E-state index contributed by atoms with van der Waals surface area (Å²) >= 11 is 5.40. The zero-order valence-corrected chi connectivity index (χ0v) is 9.08. The van der Waals surface area contributed by atoms with Crippen LogP contribution in [0.25, 0.3) is 0 Å². The molecule has 0 aliphatic carbocycles. The van der Waals surface area contributed by atoms with Crippen molar-refractivity contribution in [3.8, 4) is 0 Å². The number of nitro groups is 1. The van der Waals surface area contributed by atoms with E-state index in [2.05, 4.69) is 0 Å². The van der Waals surface area contributed by atoms with Crippen LogP contribution in [0, 0.1) is 10.1 Å². The standard InChI is InChI=1S/C6H4ClNO5S.Li/c7-4-1-2-5(8(9)10)6(3-4)14(11,12)13;/h1-3H,(H,11,12,13);/q;+1/p-1. The maximum Gasteiger partial charge on any atom is 1.00 e. The number of rotatable bonds is 2. The minimum Gasteiger partial charge on any atom is -0.744 e. The van der Waals surface area contributed by atoms with E-state index in [4.69, 9.17) is 11.6 Å². The summed E-state index contributed by atoms with van der Waals surface area (Å²) in [6, 6.07) is 2.75. The number of nitro benzene ring substituents is 1. The van der Waals surface area contributed by atoms with Crippen LogP contribution in [-0.4, -0.2) is 17.9 Å². The Morgan fingerprint density at radius 3 is 2.27 bits per heavy atom. The molecule has 76 valence electrons. The molecular weight excluding hydrogens is 241 g/mol. The van der Waals surface area contributed by atoms with Crippen molar-refractivity contribution in [1.29, 1.82) is 0 Å². The van der Waals surface area contributed by atoms with Gasteiger partial charge < -0.3 is 4.55 Å². The average Bonchev–Trinajstić information content (AvgIpc) is 2.01. The Morgan fingerprint density at radius 2 is 1.87 bits per heavy atom. The van der Waals surface area contributed by atoms with Crippen molar-refractivity contribution in [3.05, 3.63) is 33.3 Å². The molecule has 0 aliphatic heterocycles. The second kappa shape index (κ2) is 4.96. The third-order valence-corrected chi connectivity index (χ3v) is 2.49. The van der Waals surface area contributed by atoms with Crippen molar-refractivity contribution in [2.24, 2.45) is 0 Å². The normalized spacial score (nSPS) is 10.5. The molecule has 15 heavy (non-hydrogen) atoms. The molecule has 0 radical (unpaired) electrons. The molecule has 0 unspecified atom stereocenters. The summed E-state index contributed by atoms with van der Waals surface area (Å²) in [6.07, 6.45) is 0. The van der Waals surface area contributed by atoms with Crippen LogP contribution in [0.2, 0.25) is 5.02 Å². The molecule has 1 rings (SSSR count). The molecule has 0 atom stereocenters. The van der Waals surface area contributed by atoms with Gasteiger partial charge in [-0.15, -0.1) is 0 Å². The molecule has 1 aromatic rings. The molecule has 9 heteroatoms. The van der Waals surface area contributed by atoms with E-state index in [0.29, 0.717) is 0 Å². The SMILES string of the molecule is O=[N+]([O-])c1ccc(Cl)cc1S(=O)(=O)[O-].[Li+]. The van der Waals surface area contributed by atoms with Crippen LogP contribution in [0.4, 0.5) is 5.69 Å². The minimum absolute atomic E-state index is 0. The quantitative estimate of drug-likeness (QED) is 0.263. The van der Waals surface area contributed by atoms with Gasteiger partial charge in [0.15, 0.2) is 0 Å². The fraction of sp³-hybridized carbons (Fsp3) is 0. The molecule has 0 spiro atoms. The third kappa shape index (κ3) is 3.48. The maximum atomic E-state index is 10.6. The van der Waals surface area contributed by atoms with Gasteiger partial charge >= 0.3 is 18.9 Å². The van der Waals surface area contributed by atoms with Gasteiger partial charge in [0.1, 0.15) is 15.0 Å². The fourth-order valence-corrected chi connectivity index (χ4v) is 1.75. The Morgan fingerprint density at radius 1 is 1.33 bits per heavy atom.